The van der Waals surface area contributed by atoms with Crippen LogP contribution in [0.1, 0.15) is 25.7 Å². The average molecular weight is 452 g/mol. The van der Waals surface area contributed by atoms with Crippen LogP contribution in [0.3, 0.4) is 0 Å². The highest BCUT2D eigenvalue weighted by molar-refractivity contribution is 5.90. The number of rotatable bonds is 9. The van der Waals surface area contributed by atoms with Crippen LogP contribution >= 0.6 is 0 Å². The van der Waals surface area contributed by atoms with Crippen molar-refractivity contribution < 1.29 is 32.9 Å². The van der Waals surface area contributed by atoms with E-state index in [1.54, 1.807) is 12.1 Å². The van der Waals surface area contributed by atoms with Crippen LogP contribution in [0.5, 0.6) is 11.5 Å². The summed E-state index contributed by atoms with van der Waals surface area (Å²) in [5, 5.41) is 0. The molecule has 0 N–H and O–H groups in total. The molecule has 7 heteroatoms. The number of hydrogen-bond donors (Lipinski definition) is 0. The van der Waals surface area contributed by atoms with Gasteiger partial charge in [0.15, 0.2) is 11.6 Å². The monoisotopic (exact) mass is 452 g/mol. The zero-order valence-corrected chi connectivity index (χ0v) is 18.2. The fourth-order valence-corrected chi connectivity index (χ4v) is 3.74. The first-order chi connectivity index (χ1) is 15.9. The molecule has 2 unspecified atom stereocenters. The molecule has 0 spiro atoms. The molecular weight excluding hydrogens is 427 g/mol. The summed E-state index contributed by atoms with van der Waals surface area (Å²) in [6.45, 7) is 7.97. The first-order valence-corrected chi connectivity index (χ1v) is 10.8. The number of halogens is 1. The zero-order chi connectivity index (χ0) is 23.4. The van der Waals surface area contributed by atoms with Gasteiger partial charge in [-0.3, -0.25) is 0 Å². The van der Waals surface area contributed by atoms with Gasteiger partial charge in [-0.2, -0.15) is 0 Å². The lowest BCUT2D eigenvalue weighted by Crippen LogP contribution is -2.12. The van der Waals surface area contributed by atoms with E-state index in [9.17, 15) is 14.0 Å². The lowest BCUT2D eigenvalue weighted by atomic mass is 10.1. The van der Waals surface area contributed by atoms with E-state index in [1.807, 2.05) is 24.3 Å². The minimum absolute atomic E-state index is 0.150. The maximum atomic E-state index is 14.5. The van der Waals surface area contributed by atoms with Gasteiger partial charge in [0.2, 0.25) is 0 Å². The van der Waals surface area contributed by atoms with Crippen molar-refractivity contribution >= 4 is 11.9 Å². The Morgan fingerprint density at radius 1 is 0.818 bits per heavy atom. The van der Waals surface area contributed by atoms with Crippen molar-refractivity contribution in [1.82, 2.24) is 0 Å². The van der Waals surface area contributed by atoms with E-state index in [-0.39, 0.29) is 36.5 Å². The van der Waals surface area contributed by atoms with Crippen molar-refractivity contribution in [3.05, 3.63) is 72.6 Å². The molecular formula is C26H25FO6. The van der Waals surface area contributed by atoms with Gasteiger partial charge in [-0.05, 0) is 35.4 Å². The Morgan fingerprint density at radius 3 is 1.88 bits per heavy atom. The minimum Gasteiger partial charge on any atom is -0.493 e. The van der Waals surface area contributed by atoms with Crippen LogP contribution < -0.4 is 9.47 Å². The quantitative estimate of drug-likeness (QED) is 0.403. The van der Waals surface area contributed by atoms with E-state index in [4.69, 9.17) is 18.9 Å². The molecule has 172 valence electrons. The molecule has 0 aliphatic carbocycles. The second kappa shape index (κ2) is 9.90. The molecule has 0 bridgehead atoms. The molecule has 2 heterocycles. The number of benzene rings is 2. The Balaban J connectivity index is 1.26. The van der Waals surface area contributed by atoms with Crippen LogP contribution in [0.25, 0.3) is 11.1 Å². The van der Waals surface area contributed by atoms with Crippen LogP contribution in [0, 0.1) is 5.82 Å². The number of carbonyl (C=O) groups excluding carboxylic acids is 2. The van der Waals surface area contributed by atoms with Gasteiger partial charge in [0, 0.05) is 36.8 Å². The maximum Gasteiger partial charge on any atom is 0.333 e. The fourth-order valence-electron chi connectivity index (χ4n) is 3.74. The van der Waals surface area contributed by atoms with Gasteiger partial charge in [-0.15, -0.1) is 0 Å². The predicted octanol–water partition coefficient (Wildman–Crippen LogP) is 4.77. The van der Waals surface area contributed by atoms with Crippen LogP contribution in [0.2, 0.25) is 0 Å². The predicted molar refractivity (Wildman–Crippen MR) is 119 cm³/mol. The van der Waals surface area contributed by atoms with E-state index in [2.05, 4.69) is 13.2 Å². The third-order valence-corrected chi connectivity index (χ3v) is 5.60. The number of carbonyl (C=O) groups is 2. The lowest BCUT2D eigenvalue weighted by Gasteiger charge is -2.12. The van der Waals surface area contributed by atoms with Gasteiger partial charge >= 0.3 is 11.9 Å². The lowest BCUT2D eigenvalue weighted by molar-refractivity contribution is -0.140. The van der Waals surface area contributed by atoms with Gasteiger partial charge in [0.25, 0.3) is 0 Å². The zero-order valence-electron chi connectivity index (χ0n) is 18.2. The van der Waals surface area contributed by atoms with Crippen molar-refractivity contribution in [3.8, 4) is 22.6 Å². The second-order valence-corrected chi connectivity index (χ2v) is 8.11. The number of hydrogen-bond acceptors (Lipinski definition) is 6. The Bertz CT molecular complexity index is 1040. The molecule has 0 amide bonds. The van der Waals surface area contributed by atoms with E-state index in [1.165, 1.54) is 6.07 Å². The van der Waals surface area contributed by atoms with Gasteiger partial charge < -0.3 is 18.9 Å². The summed E-state index contributed by atoms with van der Waals surface area (Å²) in [7, 11) is 0. The van der Waals surface area contributed by atoms with Crippen molar-refractivity contribution in [2.45, 2.75) is 37.9 Å². The topological polar surface area (TPSA) is 71.1 Å². The third kappa shape index (κ3) is 5.61. The normalized spacial score (nSPS) is 20.0. The summed E-state index contributed by atoms with van der Waals surface area (Å²) >= 11 is 0. The Kier molecular flexibility index (Phi) is 6.77. The van der Waals surface area contributed by atoms with Crippen molar-refractivity contribution in [2.75, 3.05) is 13.2 Å². The standard InChI is InChI=1S/C26H25FO6/c1-16-13-21(32-25(16)28)9-11-30-20-6-3-18(4-7-20)19-5-8-24(23(27)15-19)31-12-10-22-14-17(2)26(29)33-22/h3-8,15,21-22H,1-2,9-14H2. The molecule has 4 rings (SSSR count). The average Bonchev–Trinajstić information content (AvgIpc) is 3.29. The maximum absolute atomic E-state index is 14.5. The highest BCUT2D eigenvalue weighted by atomic mass is 19.1. The van der Waals surface area contributed by atoms with E-state index < -0.39 is 5.82 Å². The molecule has 0 saturated carbocycles. The van der Waals surface area contributed by atoms with Crippen molar-refractivity contribution in [2.24, 2.45) is 0 Å². The third-order valence-electron chi connectivity index (χ3n) is 5.60. The first-order valence-electron chi connectivity index (χ1n) is 10.8. The van der Waals surface area contributed by atoms with E-state index in [0.717, 1.165) is 5.56 Å². The summed E-state index contributed by atoms with van der Waals surface area (Å²) in [4.78, 5) is 22.7. The summed E-state index contributed by atoms with van der Waals surface area (Å²) in [6, 6.07) is 12.1. The highest BCUT2D eigenvalue weighted by Crippen LogP contribution is 2.28. The van der Waals surface area contributed by atoms with E-state index >= 15 is 0 Å². The smallest absolute Gasteiger partial charge is 0.333 e. The molecule has 2 saturated heterocycles. The molecule has 0 radical (unpaired) electrons. The summed E-state index contributed by atoms with van der Waals surface area (Å²) in [5.41, 5.74) is 2.50. The molecule has 2 aromatic carbocycles. The molecule has 2 aliphatic rings. The Morgan fingerprint density at radius 2 is 1.36 bits per heavy atom. The number of esters is 2. The number of cyclic esters (lactones) is 2. The fraction of sp³-hybridized carbons (Fsp3) is 0.308. The molecule has 2 aliphatic heterocycles. The summed E-state index contributed by atoms with van der Waals surface area (Å²) in [6.07, 6.45) is 1.65. The molecule has 0 aromatic heterocycles. The summed E-state index contributed by atoms with van der Waals surface area (Å²) in [5.74, 6) is -0.348. The van der Waals surface area contributed by atoms with Gasteiger partial charge in [0.05, 0.1) is 13.2 Å². The Labute approximate surface area is 191 Å². The van der Waals surface area contributed by atoms with Crippen LogP contribution in [-0.2, 0) is 19.1 Å². The van der Waals surface area contributed by atoms with Gasteiger partial charge in [-0.1, -0.05) is 31.4 Å². The molecule has 2 atom stereocenters. The molecule has 33 heavy (non-hydrogen) atoms. The van der Waals surface area contributed by atoms with Crippen LogP contribution in [0.15, 0.2) is 66.8 Å². The van der Waals surface area contributed by atoms with Crippen LogP contribution in [0.4, 0.5) is 4.39 Å². The van der Waals surface area contributed by atoms with Gasteiger partial charge in [0.1, 0.15) is 18.0 Å². The largest absolute Gasteiger partial charge is 0.493 e. The van der Waals surface area contributed by atoms with E-state index in [0.29, 0.717) is 54.7 Å². The van der Waals surface area contributed by atoms with Crippen molar-refractivity contribution in [1.29, 1.82) is 0 Å². The minimum atomic E-state index is -0.464. The molecule has 6 nitrogen and oxygen atoms in total. The molecule has 2 fully saturated rings. The SMILES string of the molecule is C=C1CC(CCOc2ccc(-c3ccc(OCCC4CC(=C)C(=O)O4)c(F)c3)cc2)OC1=O. The van der Waals surface area contributed by atoms with Crippen molar-refractivity contribution in [3.63, 3.8) is 0 Å². The highest BCUT2D eigenvalue weighted by Gasteiger charge is 2.27. The number of ether oxygens (including phenoxy) is 4. The van der Waals surface area contributed by atoms with Gasteiger partial charge in [-0.25, -0.2) is 14.0 Å². The molecule has 2 aromatic rings. The Hall–Kier alpha value is -3.61. The first kappa shape index (κ1) is 22.6. The second-order valence-electron chi connectivity index (χ2n) is 8.11. The van der Waals surface area contributed by atoms with Crippen LogP contribution in [-0.4, -0.2) is 37.4 Å². The summed E-state index contributed by atoms with van der Waals surface area (Å²) < 4.78 is 36.1.